The van der Waals surface area contributed by atoms with Gasteiger partial charge in [-0.3, -0.25) is 0 Å². The number of hydrogen-bond donors (Lipinski definition) is 1. The fourth-order valence-electron chi connectivity index (χ4n) is 1.66. The van der Waals surface area contributed by atoms with Crippen LogP contribution in [0.5, 0.6) is 0 Å². The van der Waals surface area contributed by atoms with E-state index in [9.17, 15) is 0 Å². The molecule has 15 heavy (non-hydrogen) atoms. The van der Waals surface area contributed by atoms with Gasteiger partial charge in [-0.05, 0) is 24.8 Å². The van der Waals surface area contributed by atoms with E-state index in [1.54, 1.807) is 0 Å². The summed E-state index contributed by atoms with van der Waals surface area (Å²) in [6.45, 7) is 7.94. The largest absolute Gasteiger partial charge is 0.314 e. The van der Waals surface area contributed by atoms with Crippen LogP contribution in [0.2, 0.25) is 0 Å². The monoisotopic (exact) mass is 225 g/mol. The summed E-state index contributed by atoms with van der Waals surface area (Å²) in [6.07, 6.45) is 3.93. The van der Waals surface area contributed by atoms with Gasteiger partial charge in [0.2, 0.25) is 0 Å². The van der Waals surface area contributed by atoms with E-state index in [-0.39, 0.29) is 0 Å². The minimum Gasteiger partial charge on any atom is -0.314 e. The highest BCUT2D eigenvalue weighted by Crippen LogP contribution is 2.19. The van der Waals surface area contributed by atoms with Crippen molar-refractivity contribution in [2.24, 2.45) is 0 Å². The quantitative estimate of drug-likeness (QED) is 0.739. The van der Waals surface area contributed by atoms with Crippen molar-refractivity contribution >= 4 is 11.3 Å². The zero-order chi connectivity index (χ0) is 11.1. The molecule has 0 saturated heterocycles. The molecule has 2 unspecified atom stereocenters. The van der Waals surface area contributed by atoms with Crippen molar-refractivity contribution in [2.75, 3.05) is 6.54 Å². The molecule has 0 aliphatic carbocycles. The molecule has 1 aromatic heterocycles. The molecular weight excluding hydrogens is 202 g/mol. The molecule has 2 atom stereocenters. The molecule has 0 spiro atoms. The molecule has 1 heterocycles. The first-order chi connectivity index (χ1) is 7.24. The molecule has 0 aliphatic heterocycles. The van der Waals surface area contributed by atoms with Crippen molar-refractivity contribution in [2.45, 2.75) is 52.0 Å². The Morgan fingerprint density at radius 2 is 2.20 bits per heavy atom. The van der Waals surface area contributed by atoms with Gasteiger partial charge in [0, 0.05) is 23.4 Å². The molecule has 0 saturated carbocycles. The Morgan fingerprint density at radius 3 is 2.80 bits per heavy atom. The van der Waals surface area contributed by atoms with Gasteiger partial charge in [0.05, 0.1) is 0 Å². The van der Waals surface area contributed by atoms with E-state index in [2.05, 4.69) is 43.6 Å². The molecule has 0 radical (unpaired) electrons. The third kappa shape index (κ3) is 4.80. The fourth-order valence-corrected chi connectivity index (χ4v) is 2.45. The summed E-state index contributed by atoms with van der Waals surface area (Å²) in [4.78, 5) is 1.49. The SMILES string of the molecule is CCCCC(C)NCC(C)c1cccs1. The van der Waals surface area contributed by atoms with Crippen LogP contribution >= 0.6 is 11.3 Å². The lowest BCUT2D eigenvalue weighted by Crippen LogP contribution is -2.29. The van der Waals surface area contributed by atoms with Gasteiger partial charge in [0.15, 0.2) is 0 Å². The van der Waals surface area contributed by atoms with Crippen molar-refractivity contribution in [3.05, 3.63) is 22.4 Å². The number of thiophene rings is 1. The zero-order valence-corrected chi connectivity index (χ0v) is 10.9. The molecule has 1 nitrogen and oxygen atoms in total. The Kier molecular flexibility index (Phi) is 5.96. The summed E-state index contributed by atoms with van der Waals surface area (Å²) in [5.74, 6) is 0.647. The zero-order valence-electron chi connectivity index (χ0n) is 10.1. The first-order valence-electron chi connectivity index (χ1n) is 6.00. The topological polar surface area (TPSA) is 12.0 Å². The summed E-state index contributed by atoms with van der Waals surface area (Å²) in [5.41, 5.74) is 0. The Hall–Kier alpha value is -0.340. The molecule has 1 rings (SSSR count). The van der Waals surface area contributed by atoms with Gasteiger partial charge in [-0.15, -0.1) is 11.3 Å². The summed E-state index contributed by atoms with van der Waals surface area (Å²) < 4.78 is 0. The van der Waals surface area contributed by atoms with E-state index in [0.717, 1.165) is 6.54 Å². The van der Waals surface area contributed by atoms with Crippen LogP contribution < -0.4 is 5.32 Å². The molecule has 0 fully saturated rings. The summed E-state index contributed by atoms with van der Waals surface area (Å²) in [6, 6.07) is 5.03. The Morgan fingerprint density at radius 1 is 1.40 bits per heavy atom. The van der Waals surface area contributed by atoms with Gasteiger partial charge in [-0.2, -0.15) is 0 Å². The molecule has 0 bridgehead atoms. The minimum absolute atomic E-state index is 0.647. The average Bonchev–Trinajstić information content (AvgIpc) is 2.76. The molecule has 0 aromatic carbocycles. The Labute approximate surface area is 97.9 Å². The smallest absolute Gasteiger partial charge is 0.00860 e. The van der Waals surface area contributed by atoms with Crippen LogP contribution in [0, 0.1) is 0 Å². The third-order valence-electron chi connectivity index (χ3n) is 2.79. The Balaban J connectivity index is 2.19. The number of hydrogen-bond acceptors (Lipinski definition) is 2. The van der Waals surface area contributed by atoms with E-state index < -0.39 is 0 Å². The van der Waals surface area contributed by atoms with Gasteiger partial charge in [-0.1, -0.05) is 32.8 Å². The van der Waals surface area contributed by atoms with Crippen LogP contribution in [0.3, 0.4) is 0 Å². The maximum absolute atomic E-state index is 3.61. The predicted octanol–water partition coefficient (Wildman–Crippen LogP) is 4.02. The third-order valence-corrected chi connectivity index (χ3v) is 3.90. The maximum Gasteiger partial charge on any atom is 0.00860 e. The first-order valence-corrected chi connectivity index (χ1v) is 6.88. The van der Waals surface area contributed by atoms with E-state index in [1.807, 2.05) is 11.3 Å². The molecule has 0 aliphatic rings. The lowest BCUT2D eigenvalue weighted by molar-refractivity contribution is 0.479. The van der Waals surface area contributed by atoms with Gasteiger partial charge >= 0.3 is 0 Å². The molecular formula is C13H23NS. The highest BCUT2D eigenvalue weighted by atomic mass is 32.1. The minimum atomic E-state index is 0.647. The van der Waals surface area contributed by atoms with Crippen LogP contribution in [-0.4, -0.2) is 12.6 Å². The van der Waals surface area contributed by atoms with E-state index in [1.165, 1.54) is 24.1 Å². The van der Waals surface area contributed by atoms with Gasteiger partial charge in [-0.25, -0.2) is 0 Å². The average molecular weight is 225 g/mol. The molecule has 2 heteroatoms. The van der Waals surface area contributed by atoms with E-state index >= 15 is 0 Å². The fraction of sp³-hybridized carbons (Fsp3) is 0.692. The van der Waals surface area contributed by atoms with Crippen molar-refractivity contribution in [3.63, 3.8) is 0 Å². The molecule has 1 aromatic rings. The number of unbranched alkanes of at least 4 members (excludes halogenated alkanes) is 1. The van der Waals surface area contributed by atoms with Gasteiger partial charge < -0.3 is 5.32 Å². The summed E-state index contributed by atoms with van der Waals surface area (Å²) in [7, 11) is 0. The lowest BCUT2D eigenvalue weighted by atomic mass is 10.1. The van der Waals surface area contributed by atoms with Crippen LogP contribution in [0.25, 0.3) is 0 Å². The first kappa shape index (κ1) is 12.7. The van der Waals surface area contributed by atoms with Crippen LogP contribution in [0.1, 0.15) is 50.8 Å². The second-order valence-corrected chi connectivity index (χ2v) is 5.35. The molecule has 86 valence electrons. The summed E-state index contributed by atoms with van der Waals surface area (Å²) >= 11 is 1.86. The van der Waals surface area contributed by atoms with Crippen LogP contribution in [-0.2, 0) is 0 Å². The van der Waals surface area contributed by atoms with Crippen molar-refractivity contribution < 1.29 is 0 Å². The van der Waals surface area contributed by atoms with Crippen molar-refractivity contribution in [3.8, 4) is 0 Å². The molecule has 0 amide bonds. The lowest BCUT2D eigenvalue weighted by Gasteiger charge is -2.16. The molecule has 1 N–H and O–H groups in total. The van der Waals surface area contributed by atoms with Crippen LogP contribution in [0.4, 0.5) is 0 Å². The van der Waals surface area contributed by atoms with Crippen LogP contribution in [0.15, 0.2) is 17.5 Å². The second-order valence-electron chi connectivity index (χ2n) is 4.37. The van der Waals surface area contributed by atoms with Crippen molar-refractivity contribution in [1.29, 1.82) is 0 Å². The number of rotatable bonds is 7. The van der Waals surface area contributed by atoms with Gasteiger partial charge in [0.1, 0.15) is 0 Å². The van der Waals surface area contributed by atoms with E-state index in [0.29, 0.717) is 12.0 Å². The van der Waals surface area contributed by atoms with Gasteiger partial charge in [0.25, 0.3) is 0 Å². The number of nitrogens with one attached hydrogen (secondary N) is 1. The Bertz CT molecular complexity index is 243. The highest BCUT2D eigenvalue weighted by Gasteiger charge is 2.07. The second kappa shape index (κ2) is 7.02. The maximum atomic E-state index is 3.61. The standard InChI is InChI=1S/C13H23NS/c1-4-5-7-12(3)14-10-11(2)13-8-6-9-15-13/h6,8-9,11-12,14H,4-5,7,10H2,1-3H3. The van der Waals surface area contributed by atoms with E-state index in [4.69, 9.17) is 0 Å². The predicted molar refractivity (Wildman–Crippen MR) is 69.7 cm³/mol. The normalized spacial score (nSPS) is 15.1. The highest BCUT2D eigenvalue weighted by molar-refractivity contribution is 7.10. The summed E-state index contributed by atoms with van der Waals surface area (Å²) in [5, 5.41) is 5.77. The van der Waals surface area contributed by atoms with Crippen molar-refractivity contribution in [1.82, 2.24) is 5.32 Å².